The van der Waals surface area contributed by atoms with E-state index in [4.69, 9.17) is 16.3 Å². The molecule has 0 heterocycles. The van der Waals surface area contributed by atoms with Crippen molar-refractivity contribution in [1.82, 2.24) is 4.90 Å². The lowest BCUT2D eigenvalue weighted by Gasteiger charge is -2.16. The molecule has 1 aromatic carbocycles. The van der Waals surface area contributed by atoms with Crippen LogP contribution in [0.1, 0.15) is 6.42 Å². The van der Waals surface area contributed by atoms with Gasteiger partial charge in [0.15, 0.2) is 0 Å². The number of carbonyl (C=O) groups excluding carboxylic acids is 1. The lowest BCUT2D eigenvalue weighted by atomic mass is 10.3. The van der Waals surface area contributed by atoms with Crippen LogP contribution >= 0.6 is 11.6 Å². The Bertz CT molecular complexity index is 429. The first-order valence-corrected chi connectivity index (χ1v) is 6.33. The second kappa shape index (κ2) is 8.09. The van der Waals surface area contributed by atoms with Gasteiger partial charge in [-0.2, -0.15) is 0 Å². The molecule has 0 spiro atoms. The zero-order chi connectivity index (χ0) is 14.3. The maximum atomic E-state index is 13.0. The third-order valence-corrected chi connectivity index (χ3v) is 2.79. The molecule has 4 nitrogen and oxygen atoms in total. The molecule has 6 heteroatoms. The highest BCUT2D eigenvalue weighted by molar-refractivity contribution is 6.31. The predicted octanol–water partition coefficient (Wildman–Crippen LogP) is 2.39. The van der Waals surface area contributed by atoms with E-state index in [1.165, 1.54) is 18.2 Å². The number of likely N-dealkylation sites (N-methyl/N-ethyl adjacent to an activating group) is 1. The van der Waals surface area contributed by atoms with Gasteiger partial charge in [-0.05, 0) is 31.7 Å². The molecule has 0 aromatic heterocycles. The Balaban J connectivity index is 2.39. The largest absolute Gasteiger partial charge is 0.385 e. The molecule has 1 rings (SSSR count). The number of nitrogens with one attached hydrogen (secondary N) is 1. The van der Waals surface area contributed by atoms with Crippen molar-refractivity contribution < 1.29 is 13.9 Å². The first kappa shape index (κ1) is 15.9. The maximum absolute atomic E-state index is 13.0. The topological polar surface area (TPSA) is 41.6 Å². The minimum Gasteiger partial charge on any atom is -0.385 e. The molecule has 0 aliphatic carbocycles. The number of hydrogen-bond donors (Lipinski definition) is 1. The van der Waals surface area contributed by atoms with Crippen LogP contribution < -0.4 is 5.32 Å². The van der Waals surface area contributed by atoms with E-state index >= 15 is 0 Å². The van der Waals surface area contributed by atoms with Gasteiger partial charge in [-0.25, -0.2) is 4.39 Å². The molecule has 0 fully saturated rings. The van der Waals surface area contributed by atoms with Gasteiger partial charge in [0, 0.05) is 25.9 Å². The molecule has 106 valence electrons. The number of amides is 1. The normalized spacial score (nSPS) is 10.8. The molecule has 0 radical (unpaired) electrons. The van der Waals surface area contributed by atoms with Crippen molar-refractivity contribution in [2.75, 3.05) is 39.2 Å². The molecule has 0 unspecified atom stereocenters. The van der Waals surface area contributed by atoms with Crippen LogP contribution in [0.15, 0.2) is 18.2 Å². The minimum absolute atomic E-state index is 0.00810. The molecule has 1 amide bonds. The number of benzene rings is 1. The standard InChI is InChI=1S/C13H18ClFN2O2/c1-17(6-3-7-19-2)9-13(18)16-10-4-5-12(15)11(14)8-10/h4-5,8H,3,6-7,9H2,1-2H3,(H,16,18). The highest BCUT2D eigenvalue weighted by atomic mass is 35.5. The number of anilines is 1. The SMILES string of the molecule is COCCCN(C)CC(=O)Nc1ccc(F)c(Cl)c1. The third-order valence-electron chi connectivity index (χ3n) is 2.51. The minimum atomic E-state index is -0.503. The lowest BCUT2D eigenvalue weighted by Crippen LogP contribution is -2.31. The summed E-state index contributed by atoms with van der Waals surface area (Å²) >= 11 is 5.64. The zero-order valence-electron chi connectivity index (χ0n) is 11.1. The van der Waals surface area contributed by atoms with Gasteiger partial charge in [-0.1, -0.05) is 11.6 Å². The summed E-state index contributed by atoms with van der Waals surface area (Å²) in [6.45, 7) is 1.70. The molecule has 0 aliphatic heterocycles. The molecular weight excluding hydrogens is 271 g/mol. The van der Waals surface area contributed by atoms with Crippen LogP contribution in [0, 0.1) is 5.82 Å². The summed E-state index contributed by atoms with van der Waals surface area (Å²) in [5.74, 6) is -0.668. The molecule has 0 aliphatic rings. The van der Waals surface area contributed by atoms with Crippen LogP contribution in [0.5, 0.6) is 0 Å². The van der Waals surface area contributed by atoms with Gasteiger partial charge in [0.05, 0.1) is 11.6 Å². The number of halogens is 2. The number of carbonyl (C=O) groups is 1. The van der Waals surface area contributed by atoms with Gasteiger partial charge >= 0.3 is 0 Å². The number of hydrogen-bond acceptors (Lipinski definition) is 3. The third kappa shape index (κ3) is 6.00. The van der Waals surface area contributed by atoms with E-state index in [1.807, 2.05) is 11.9 Å². The Morgan fingerprint density at radius 2 is 2.26 bits per heavy atom. The average Bonchev–Trinajstić information content (AvgIpc) is 2.34. The highest BCUT2D eigenvalue weighted by Gasteiger charge is 2.08. The Hall–Kier alpha value is -1.17. The molecular formula is C13H18ClFN2O2. The van der Waals surface area contributed by atoms with Crippen LogP contribution in [-0.4, -0.2) is 44.7 Å². The Morgan fingerprint density at radius 3 is 2.89 bits per heavy atom. The van der Waals surface area contributed by atoms with Gasteiger partial charge in [0.25, 0.3) is 0 Å². The fourth-order valence-corrected chi connectivity index (χ4v) is 1.76. The Labute approximate surface area is 117 Å². The van der Waals surface area contributed by atoms with Gasteiger partial charge in [-0.15, -0.1) is 0 Å². The van der Waals surface area contributed by atoms with Crippen LogP contribution in [0.25, 0.3) is 0 Å². The molecule has 0 bridgehead atoms. The quantitative estimate of drug-likeness (QED) is 0.783. The average molecular weight is 289 g/mol. The molecule has 1 N–H and O–H groups in total. The predicted molar refractivity (Wildman–Crippen MR) is 74.0 cm³/mol. The summed E-state index contributed by atoms with van der Waals surface area (Å²) in [5.41, 5.74) is 0.488. The summed E-state index contributed by atoms with van der Waals surface area (Å²) in [7, 11) is 3.50. The molecule has 1 aromatic rings. The molecule has 0 saturated heterocycles. The summed E-state index contributed by atoms with van der Waals surface area (Å²) < 4.78 is 17.9. The fraction of sp³-hybridized carbons (Fsp3) is 0.462. The van der Waals surface area contributed by atoms with Crippen LogP contribution in [-0.2, 0) is 9.53 Å². The smallest absolute Gasteiger partial charge is 0.238 e. The van der Waals surface area contributed by atoms with Gasteiger partial charge < -0.3 is 10.1 Å². The van der Waals surface area contributed by atoms with Crippen LogP contribution in [0.4, 0.5) is 10.1 Å². The van der Waals surface area contributed by atoms with Crippen molar-refractivity contribution in [3.8, 4) is 0 Å². The Kier molecular flexibility index (Phi) is 6.77. The summed E-state index contributed by atoms with van der Waals surface area (Å²) in [6, 6.07) is 4.09. The summed E-state index contributed by atoms with van der Waals surface area (Å²) in [4.78, 5) is 13.6. The lowest BCUT2D eigenvalue weighted by molar-refractivity contribution is -0.117. The summed E-state index contributed by atoms with van der Waals surface area (Å²) in [6.07, 6.45) is 0.864. The first-order chi connectivity index (χ1) is 9.02. The van der Waals surface area contributed by atoms with Gasteiger partial charge in [-0.3, -0.25) is 9.69 Å². The van der Waals surface area contributed by atoms with E-state index in [9.17, 15) is 9.18 Å². The van der Waals surface area contributed by atoms with Gasteiger partial charge in [0.1, 0.15) is 5.82 Å². The van der Waals surface area contributed by atoms with Crippen molar-refractivity contribution in [3.05, 3.63) is 29.0 Å². The number of ether oxygens (including phenoxy) is 1. The first-order valence-electron chi connectivity index (χ1n) is 5.95. The number of rotatable bonds is 7. The highest BCUT2D eigenvalue weighted by Crippen LogP contribution is 2.19. The summed E-state index contributed by atoms with van der Waals surface area (Å²) in [5, 5.41) is 2.66. The van der Waals surface area contributed by atoms with Crippen molar-refractivity contribution in [2.45, 2.75) is 6.42 Å². The van der Waals surface area contributed by atoms with Crippen LogP contribution in [0.3, 0.4) is 0 Å². The van der Waals surface area contributed by atoms with Gasteiger partial charge in [0.2, 0.25) is 5.91 Å². The van der Waals surface area contributed by atoms with Crippen molar-refractivity contribution in [2.24, 2.45) is 0 Å². The van der Waals surface area contributed by atoms with Crippen molar-refractivity contribution in [3.63, 3.8) is 0 Å². The molecule has 0 atom stereocenters. The zero-order valence-corrected chi connectivity index (χ0v) is 11.8. The number of methoxy groups -OCH3 is 1. The maximum Gasteiger partial charge on any atom is 0.238 e. The van der Waals surface area contributed by atoms with Crippen molar-refractivity contribution >= 4 is 23.2 Å². The fourth-order valence-electron chi connectivity index (χ4n) is 1.58. The monoisotopic (exact) mass is 288 g/mol. The molecule has 19 heavy (non-hydrogen) atoms. The van der Waals surface area contributed by atoms with E-state index < -0.39 is 5.82 Å². The molecule has 0 saturated carbocycles. The number of nitrogens with zero attached hydrogens (tertiary/aromatic N) is 1. The van der Waals surface area contributed by atoms with E-state index in [1.54, 1.807) is 7.11 Å². The van der Waals surface area contributed by atoms with Crippen LogP contribution in [0.2, 0.25) is 5.02 Å². The Morgan fingerprint density at radius 1 is 1.53 bits per heavy atom. The van der Waals surface area contributed by atoms with E-state index in [0.29, 0.717) is 12.3 Å². The van der Waals surface area contributed by atoms with Crippen molar-refractivity contribution in [1.29, 1.82) is 0 Å². The second-order valence-electron chi connectivity index (χ2n) is 4.26. The van der Waals surface area contributed by atoms with E-state index in [-0.39, 0.29) is 17.5 Å². The van der Waals surface area contributed by atoms with E-state index in [0.717, 1.165) is 13.0 Å². The van der Waals surface area contributed by atoms with E-state index in [2.05, 4.69) is 5.32 Å². The second-order valence-corrected chi connectivity index (χ2v) is 4.67.